The van der Waals surface area contributed by atoms with Gasteiger partial charge in [0.05, 0.1) is 0 Å². The largest absolute Gasteiger partial charge is 0.365 e. The molecule has 0 atom stereocenters. The van der Waals surface area contributed by atoms with Crippen molar-refractivity contribution < 1.29 is 0 Å². The summed E-state index contributed by atoms with van der Waals surface area (Å²) in [5.41, 5.74) is 1.33. The molecule has 0 spiro atoms. The minimum Gasteiger partial charge on any atom is -0.365 e. The molecule has 1 fully saturated rings. The molecule has 0 radical (unpaired) electrons. The molecule has 104 valence electrons. The predicted molar refractivity (Wildman–Crippen MR) is 80.0 cm³/mol. The van der Waals surface area contributed by atoms with Crippen LogP contribution in [0, 0.1) is 0 Å². The summed E-state index contributed by atoms with van der Waals surface area (Å²) < 4.78 is 1.80. The first-order chi connectivity index (χ1) is 9.84. The van der Waals surface area contributed by atoms with Crippen LogP contribution in [0.1, 0.15) is 30.9 Å². The van der Waals surface area contributed by atoms with Gasteiger partial charge in [-0.2, -0.15) is 0 Å². The second-order valence-corrected chi connectivity index (χ2v) is 5.24. The van der Waals surface area contributed by atoms with Crippen molar-refractivity contribution in [2.24, 2.45) is 0 Å². The van der Waals surface area contributed by atoms with Gasteiger partial charge in [0.15, 0.2) is 5.82 Å². The van der Waals surface area contributed by atoms with Crippen LogP contribution in [0.5, 0.6) is 0 Å². The zero-order valence-electron chi connectivity index (χ0n) is 11.5. The van der Waals surface area contributed by atoms with Crippen molar-refractivity contribution in [3.63, 3.8) is 0 Å². The zero-order valence-corrected chi connectivity index (χ0v) is 11.5. The molecule has 2 aromatic rings. The van der Waals surface area contributed by atoms with E-state index >= 15 is 0 Å². The standard InChI is InChI=1S/C16H19N3O/c20-16-15(18-11-12-19(16)14-8-9-14)17-10-4-7-13-5-2-1-3-6-13/h1-3,5-6,11-12,14H,4,7-10H2,(H,17,18). The van der Waals surface area contributed by atoms with E-state index in [1.807, 2.05) is 6.07 Å². The Hall–Kier alpha value is -2.10. The van der Waals surface area contributed by atoms with E-state index in [0.29, 0.717) is 11.9 Å². The SMILES string of the molecule is O=c1c(NCCCc2ccccc2)nccn1C1CC1. The summed E-state index contributed by atoms with van der Waals surface area (Å²) in [6.45, 7) is 0.770. The highest BCUT2D eigenvalue weighted by Crippen LogP contribution is 2.33. The molecule has 0 amide bonds. The average molecular weight is 269 g/mol. The molecule has 1 heterocycles. The second-order valence-electron chi connectivity index (χ2n) is 5.24. The van der Waals surface area contributed by atoms with E-state index in [0.717, 1.165) is 32.2 Å². The van der Waals surface area contributed by atoms with E-state index in [1.165, 1.54) is 5.56 Å². The van der Waals surface area contributed by atoms with Gasteiger partial charge in [-0.25, -0.2) is 4.98 Å². The van der Waals surface area contributed by atoms with Gasteiger partial charge in [-0.3, -0.25) is 4.79 Å². The molecule has 1 aromatic heterocycles. The molecule has 0 bridgehead atoms. The van der Waals surface area contributed by atoms with Crippen LogP contribution in [0.3, 0.4) is 0 Å². The van der Waals surface area contributed by atoms with Crippen molar-refractivity contribution in [1.29, 1.82) is 0 Å². The van der Waals surface area contributed by atoms with Gasteiger partial charge in [-0.1, -0.05) is 30.3 Å². The van der Waals surface area contributed by atoms with Gasteiger partial charge in [0.1, 0.15) is 0 Å². The number of rotatable bonds is 6. The number of nitrogens with zero attached hydrogens (tertiary/aromatic N) is 2. The lowest BCUT2D eigenvalue weighted by atomic mass is 10.1. The highest BCUT2D eigenvalue weighted by atomic mass is 16.1. The summed E-state index contributed by atoms with van der Waals surface area (Å²) in [5.74, 6) is 0.479. The monoisotopic (exact) mass is 269 g/mol. The van der Waals surface area contributed by atoms with Gasteiger partial charge in [0.2, 0.25) is 0 Å². The van der Waals surface area contributed by atoms with Gasteiger partial charge in [0.25, 0.3) is 5.56 Å². The minimum absolute atomic E-state index is 0.00899. The van der Waals surface area contributed by atoms with Crippen LogP contribution in [-0.2, 0) is 6.42 Å². The molecule has 1 N–H and O–H groups in total. The molecular weight excluding hydrogens is 250 g/mol. The van der Waals surface area contributed by atoms with E-state index in [9.17, 15) is 4.79 Å². The first-order valence-corrected chi connectivity index (χ1v) is 7.19. The molecule has 20 heavy (non-hydrogen) atoms. The molecular formula is C16H19N3O. The molecule has 1 aromatic carbocycles. The first kappa shape index (κ1) is 12.9. The Kier molecular flexibility index (Phi) is 3.81. The Balaban J connectivity index is 1.54. The number of anilines is 1. The van der Waals surface area contributed by atoms with Crippen LogP contribution in [0.15, 0.2) is 47.5 Å². The average Bonchev–Trinajstić information content (AvgIpc) is 3.31. The first-order valence-electron chi connectivity index (χ1n) is 7.19. The lowest BCUT2D eigenvalue weighted by Crippen LogP contribution is -2.24. The van der Waals surface area contributed by atoms with E-state index in [4.69, 9.17) is 0 Å². The highest BCUT2D eigenvalue weighted by Gasteiger charge is 2.25. The third kappa shape index (κ3) is 3.07. The van der Waals surface area contributed by atoms with Crippen molar-refractivity contribution in [3.8, 4) is 0 Å². The summed E-state index contributed by atoms with van der Waals surface area (Å²) in [4.78, 5) is 16.3. The minimum atomic E-state index is 0.00899. The lowest BCUT2D eigenvalue weighted by molar-refractivity contribution is 0.698. The maximum Gasteiger partial charge on any atom is 0.293 e. The van der Waals surface area contributed by atoms with Crippen molar-refractivity contribution >= 4 is 5.82 Å². The molecule has 0 aliphatic heterocycles. The van der Waals surface area contributed by atoms with Crippen LogP contribution < -0.4 is 10.9 Å². The fraction of sp³-hybridized carbons (Fsp3) is 0.375. The van der Waals surface area contributed by atoms with Crippen LogP contribution in [0.4, 0.5) is 5.82 Å². The molecule has 1 aliphatic carbocycles. The smallest absolute Gasteiger partial charge is 0.293 e. The summed E-state index contributed by atoms with van der Waals surface area (Å²) in [6.07, 6.45) is 7.71. The molecule has 4 heteroatoms. The van der Waals surface area contributed by atoms with Crippen molar-refractivity contribution in [2.45, 2.75) is 31.7 Å². The lowest BCUT2D eigenvalue weighted by Gasteiger charge is -2.08. The molecule has 0 unspecified atom stereocenters. The Morgan fingerprint density at radius 2 is 2.05 bits per heavy atom. The molecule has 4 nitrogen and oxygen atoms in total. The third-order valence-corrected chi connectivity index (χ3v) is 3.59. The molecule has 3 rings (SSSR count). The zero-order chi connectivity index (χ0) is 13.8. The van der Waals surface area contributed by atoms with Gasteiger partial charge < -0.3 is 9.88 Å². The van der Waals surface area contributed by atoms with Gasteiger partial charge in [0, 0.05) is 25.0 Å². The number of benzene rings is 1. The van der Waals surface area contributed by atoms with E-state index < -0.39 is 0 Å². The number of aryl methyl sites for hydroxylation is 1. The van der Waals surface area contributed by atoms with E-state index in [-0.39, 0.29) is 5.56 Å². The van der Waals surface area contributed by atoms with Crippen LogP contribution in [0.2, 0.25) is 0 Å². The maximum absolute atomic E-state index is 12.2. The maximum atomic E-state index is 12.2. The number of nitrogens with one attached hydrogen (secondary N) is 1. The second kappa shape index (κ2) is 5.90. The Labute approximate surface area is 118 Å². The molecule has 1 aliphatic rings. The third-order valence-electron chi connectivity index (χ3n) is 3.59. The summed E-state index contributed by atoms with van der Waals surface area (Å²) in [5, 5.41) is 3.16. The number of aromatic nitrogens is 2. The van der Waals surface area contributed by atoms with Crippen LogP contribution in [0.25, 0.3) is 0 Å². The topological polar surface area (TPSA) is 46.9 Å². The van der Waals surface area contributed by atoms with Crippen LogP contribution >= 0.6 is 0 Å². The van der Waals surface area contributed by atoms with Gasteiger partial charge in [-0.15, -0.1) is 0 Å². The normalized spacial score (nSPS) is 14.2. The Morgan fingerprint density at radius 3 is 2.80 bits per heavy atom. The summed E-state index contributed by atoms with van der Waals surface area (Å²) in [6, 6.07) is 10.8. The summed E-state index contributed by atoms with van der Waals surface area (Å²) in [7, 11) is 0. The Morgan fingerprint density at radius 1 is 1.25 bits per heavy atom. The van der Waals surface area contributed by atoms with Crippen LogP contribution in [-0.4, -0.2) is 16.1 Å². The summed E-state index contributed by atoms with van der Waals surface area (Å²) >= 11 is 0. The number of hydrogen-bond acceptors (Lipinski definition) is 3. The Bertz CT molecular complexity index is 617. The highest BCUT2D eigenvalue weighted by molar-refractivity contribution is 5.31. The van der Waals surface area contributed by atoms with Gasteiger partial charge >= 0.3 is 0 Å². The fourth-order valence-electron chi connectivity index (χ4n) is 2.33. The predicted octanol–water partition coefficient (Wildman–Crippen LogP) is 2.62. The molecule has 1 saturated carbocycles. The quantitative estimate of drug-likeness (QED) is 0.820. The van der Waals surface area contributed by atoms with E-state index in [1.54, 1.807) is 17.0 Å². The van der Waals surface area contributed by atoms with Crippen molar-refractivity contribution in [3.05, 3.63) is 58.6 Å². The van der Waals surface area contributed by atoms with Crippen molar-refractivity contribution in [1.82, 2.24) is 9.55 Å². The van der Waals surface area contributed by atoms with E-state index in [2.05, 4.69) is 34.6 Å². The van der Waals surface area contributed by atoms with Crippen molar-refractivity contribution in [2.75, 3.05) is 11.9 Å². The fourth-order valence-corrected chi connectivity index (χ4v) is 2.33. The number of hydrogen-bond donors (Lipinski definition) is 1. The van der Waals surface area contributed by atoms with Gasteiger partial charge in [-0.05, 0) is 31.2 Å². The molecule has 0 saturated heterocycles.